The summed E-state index contributed by atoms with van der Waals surface area (Å²) in [5.74, 6) is -0.313. The molecule has 0 spiro atoms. The van der Waals surface area contributed by atoms with Gasteiger partial charge in [0.1, 0.15) is 5.76 Å². The van der Waals surface area contributed by atoms with Crippen LogP contribution in [0.4, 0.5) is 13.2 Å². The SMILES string of the molecule is CC=C(C)OS(=O)(=O)C(F)(F)F. The lowest BCUT2D eigenvalue weighted by molar-refractivity contribution is -0.0521. The number of allylic oxidation sites excluding steroid dienone is 2. The molecular weight excluding hydrogens is 197 g/mol. The van der Waals surface area contributed by atoms with E-state index in [1.54, 1.807) is 0 Å². The fraction of sp³-hybridized carbons (Fsp3) is 0.600. The Morgan fingerprint density at radius 2 is 1.83 bits per heavy atom. The smallest absolute Gasteiger partial charge is 0.381 e. The number of hydrogen-bond acceptors (Lipinski definition) is 3. The Kier molecular flexibility index (Phi) is 3.14. The molecule has 0 aliphatic carbocycles. The van der Waals surface area contributed by atoms with E-state index in [1.807, 2.05) is 0 Å². The third kappa shape index (κ3) is 2.72. The Hall–Kier alpha value is -0.720. The largest absolute Gasteiger partial charge is 0.534 e. The van der Waals surface area contributed by atoms with E-state index in [-0.39, 0.29) is 5.76 Å². The van der Waals surface area contributed by atoms with E-state index in [0.717, 1.165) is 13.0 Å². The number of halogens is 3. The van der Waals surface area contributed by atoms with Gasteiger partial charge in [-0.05, 0) is 19.9 Å². The molecule has 0 rings (SSSR count). The van der Waals surface area contributed by atoms with Crippen LogP contribution >= 0.6 is 0 Å². The molecule has 0 heterocycles. The predicted molar refractivity (Wildman–Crippen MR) is 35.5 cm³/mol. The van der Waals surface area contributed by atoms with Gasteiger partial charge in [-0.25, -0.2) is 0 Å². The normalized spacial score (nSPS) is 14.6. The van der Waals surface area contributed by atoms with E-state index < -0.39 is 15.6 Å². The zero-order valence-corrected chi connectivity index (χ0v) is 7.16. The van der Waals surface area contributed by atoms with Gasteiger partial charge in [-0.1, -0.05) is 0 Å². The summed E-state index contributed by atoms with van der Waals surface area (Å²) in [6.45, 7) is 2.48. The van der Waals surface area contributed by atoms with E-state index in [0.29, 0.717) is 0 Å². The molecule has 0 aliphatic heterocycles. The van der Waals surface area contributed by atoms with Crippen LogP contribution < -0.4 is 0 Å². The molecule has 0 unspecified atom stereocenters. The van der Waals surface area contributed by atoms with Crippen molar-refractivity contribution in [3.63, 3.8) is 0 Å². The van der Waals surface area contributed by atoms with Gasteiger partial charge in [0.2, 0.25) is 0 Å². The fourth-order valence-electron chi connectivity index (χ4n) is 0.268. The Bertz CT molecular complexity index is 275. The van der Waals surface area contributed by atoms with E-state index in [1.165, 1.54) is 6.92 Å². The molecule has 0 aliphatic rings. The molecule has 0 saturated heterocycles. The summed E-state index contributed by atoms with van der Waals surface area (Å²) in [7, 11) is -5.48. The summed E-state index contributed by atoms with van der Waals surface area (Å²) in [6, 6.07) is 0. The van der Waals surface area contributed by atoms with Crippen LogP contribution in [0.1, 0.15) is 13.8 Å². The Morgan fingerprint density at radius 1 is 1.42 bits per heavy atom. The highest BCUT2D eigenvalue weighted by Gasteiger charge is 2.48. The fourth-order valence-corrected chi connectivity index (χ4v) is 0.805. The molecule has 0 aromatic rings. The van der Waals surface area contributed by atoms with Crippen LogP contribution in [0.3, 0.4) is 0 Å². The van der Waals surface area contributed by atoms with Crippen molar-refractivity contribution in [3.8, 4) is 0 Å². The molecule has 0 atom stereocenters. The van der Waals surface area contributed by atoms with Crippen LogP contribution in [0.25, 0.3) is 0 Å². The van der Waals surface area contributed by atoms with Crippen molar-refractivity contribution in [1.29, 1.82) is 0 Å². The van der Waals surface area contributed by atoms with Gasteiger partial charge in [-0.3, -0.25) is 0 Å². The van der Waals surface area contributed by atoms with Gasteiger partial charge in [0.25, 0.3) is 0 Å². The average Bonchev–Trinajstić information content (AvgIpc) is 1.84. The highest BCUT2D eigenvalue weighted by Crippen LogP contribution is 2.26. The minimum atomic E-state index is -5.48. The van der Waals surface area contributed by atoms with Crippen LogP contribution in [0.5, 0.6) is 0 Å². The van der Waals surface area contributed by atoms with Crippen LogP contribution in [0.15, 0.2) is 11.8 Å². The molecule has 72 valence electrons. The molecule has 0 N–H and O–H groups in total. The van der Waals surface area contributed by atoms with Gasteiger partial charge in [-0.15, -0.1) is 0 Å². The molecule has 7 heteroatoms. The molecule has 3 nitrogen and oxygen atoms in total. The van der Waals surface area contributed by atoms with E-state index in [4.69, 9.17) is 0 Å². The highest BCUT2D eigenvalue weighted by molar-refractivity contribution is 7.87. The lowest BCUT2D eigenvalue weighted by atomic mass is 10.5. The second kappa shape index (κ2) is 3.34. The van der Waals surface area contributed by atoms with Gasteiger partial charge in [0.15, 0.2) is 0 Å². The Morgan fingerprint density at radius 3 is 2.08 bits per heavy atom. The molecule has 0 fully saturated rings. The first-order valence-corrected chi connectivity index (χ1v) is 4.25. The van der Waals surface area contributed by atoms with Crippen molar-refractivity contribution in [2.75, 3.05) is 0 Å². The molecule has 0 aromatic heterocycles. The second-order valence-corrected chi connectivity index (χ2v) is 3.42. The third-order valence-corrected chi connectivity index (χ3v) is 1.98. The van der Waals surface area contributed by atoms with Crippen LogP contribution in [0, 0.1) is 0 Å². The maximum atomic E-state index is 11.6. The average molecular weight is 204 g/mol. The van der Waals surface area contributed by atoms with Crippen molar-refractivity contribution in [1.82, 2.24) is 0 Å². The zero-order valence-electron chi connectivity index (χ0n) is 6.34. The van der Waals surface area contributed by atoms with Gasteiger partial charge in [0, 0.05) is 0 Å². The molecule has 0 saturated carbocycles. The minimum absolute atomic E-state index is 0.313. The van der Waals surface area contributed by atoms with Gasteiger partial charge in [-0.2, -0.15) is 21.6 Å². The Balaban J connectivity index is 4.70. The topological polar surface area (TPSA) is 43.4 Å². The standard InChI is InChI=1S/C5H7F3O3S/c1-3-4(2)11-12(9,10)5(6,7)8/h3H,1-2H3. The van der Waals surface area contributed by atoms with E-state index in [9.17, 15) is 21.6 Å². The lowest BCUT2D eigenvalue weighted by Crippen LogP contribution is -2.24. The summed E-state index contributed by atoms with van der Waals surface area (Å²) < 4.78 is 58.9. The van der Waals surface area contributed by atoms with Crippen LogP contribution in [0.2, 0.25) is 0 Å². The first-order chi connectivity index (χ1) is 5.20. The first-order valence-electron chi connectivity index (χ1n) is 2.84. The molecule has 0 bridgehead atoms. The monoisotopic (exact) mass is 204 g/mol. The highest BCUT2D eigenvalue weighted by atomic mass is 32.2. The van der Waals surface area contributed by atoms with Crippen molar-refractivity contribution in [3.05, 3.63) is 11.8 Å². The van der Waals surface area contributed by atoms with Crippen molar-refractivity contribution in [2.45, 2.75) is 19.4 Å². The summed E-state index contributed by atoms with van der Waals surface area (Å²) >= 11 is 0. The maximum absolute atomic E-state index is 11.6. The number of alkyl halides is 3. The third-order valence-electron chi connectivity index (χ3n) is 0.931. The summed E-state index contributed by atoms with van der Waals surface area (Å²) in [5, 5.41) is 0. The molecule has 0 aromatic carbocycles. The van der Waals surface area contributed by atoms with Crippen LogP contribution in [-0.4, -0.2) is 13.9 Å². The number of hydrogen-bond donors (Lipinski definition) is 0. The number of rotatable bonds is 2. The predicted octanol–water partition coefficient (Wildman–Crippen LogP) is 1.78. The lowest BCUT2D eigenvalue weighted by Gasteiger charge is -2.08. The Labute approximate surface area is 68.0 Å². The molecular formula is C5H7F3O3S. The summed E-state index contributed by atoms with van der Waals surface area (Å²) in [4.78, 5) is 0. The second-order valence-electron chi connectivity index (χ2n) is 1.88. The van der Waals surface area contributed by atoms with E-state index >= 15 is 0 Å². The van der Waals surface area contributed by atoms with Crippen molar-refractivity contribution < 1.29 is 25.8 Å². The van der Waals surface area contributed by atoms with Crippen molar-refractivity contribution in [2.24, 2.45) is 0 Å². The molecule has 0 radical (unpaired) electrons. The minimum Gasteiger partial charge on any atom is -0.381 e. The van der Waals surface area contributed by atoms with Gasteiger partial charge < -0.3 is 4.18 Å². The van der Waals surface area contributed by atoms with Gasteiger partial charge in [0.05, 0.1) is 0 Å². The maximum Gasteiger partial charge on any atom is 0.534 e. The van der Waals surface area contributed by atoms with E-state index in [2.05, 4.69) is 4.18 Å². The quantitative estimate of drug-likeness (QED) is 0.391. The molecule has 12 heavy (non-hydrogen) atoms. The summed E-state index contributed by atoms with van der Waals surface area (Å²) in [6.07, 6.45) is 1.11. The van der Waals surface area contributed by atoms with Gasteiger partial charge >= 0.3 is 15.6 Å². The first kappa shape index (κ1) is 11.3. The van der Waals surface area contributed by atoms with Crippen molar-refractivity contribution >= 4 is 10.1 Å². The van der Waals surface area contributed by atoms with Crippen LogP contribution in [-0.2, 0) is 14.3 Å². The summed E-state index contributed by atoms with van der Waals surface area (Å²) in [5.41, 5.74) is -5.36. The molecule has 0 amide bonds. The zero-order chi connectivity index (χ0) is 9.99.